The summed E-state index contributed by atoms with van der Waals surface area (Å²) in [7, 11) is 1.58. The number of aliphatic hydroxyl groups excluding tert-OH is 1. The van der Waals surface area contributed by atoms with Crippen LogP contribution in [0.25, 0.3) is 0 Å². The average molecular weight is 359 g/mol. The molecular formula is C20H25NO5. The molecule has 0 aliphatic carbocycles. The number of aliphatic hydroxyl groups is 1. The van der Waals surface area contributed by atoms with Crippen molar-refractivity contribution in [2.24, 2.45) is 5.92 Å². The van der Waals surface area contributed by atoms with Crippen LogP contribution in [0.15, 0.2) is 35.6 Å². The molecule has 1 amide bonds. The van der Waals surface area contributed by atoms with Gasteiger partial charge in [0.15, 0.2) is 11.5 Å². The Morgan fingerprint density at radius 1 is 1.35 bits per heavy atom. The van der Waals surface area contributed by atoms with Crippen LogP contribution >= 0.6 is 0 Å². The van der Waals surface area contributed by atoms with Crippen molar-refractivity contribution in [3.05, 3.63) is 41.2 Å². The molecule has 1 aromatic rings. The summed E-state index contributed by atoms with van der Waals surface area (Å²) in [6, 6.07) is 6.62. The van der Waals surface area contributed by atoms with E-state index in [9.17, 15) is 14.7 Å². The zero-order valence-electron chi connectivity index (χ0n) is 15.4. The number of hydrogen-bond acceptors (Lipinski definition) is 5. The van der Waals surface area contributed by atoms with Gasteiger partial charge in [0.2, 0.25) is 0 Å². The van der Waals surface area contributed by atoms with Gasteiger partial charge in [0, 0.05) is 19.1 Å². The van der Waals surface area contributed by atoms with Crippen molar-refractivity contribution in [2.75, 3.05) is 20.3 Å². The van der Waals surface area contributed by atoms with Crippen molar-refractivity contribution in [2.45, 2.75) is 38.8 Å². The van der Waals surface area contributed by atoms with Crippen molar-refractivity contribution >= 4 is 11.7 Å². The van der Waals surface area contributed by atoms with Gasteiger partial charge >= 0.3 is 0 Å². The quantitative estimate of drug-likeness (QED) is 0.845. The monoisotopic (exact) mass is 359 g/mol. The number of amides is 1. The number of ether oxygens (including phenoxy) is 2. The largest absolute Gasteiger partial charge is 0.503 e. The van der Waals surface area contributed by atoms with Crippen LogP contribution in [0.1, 0.15) is 38.3 Å². The van der Waals surface area contributed by atoms with E-state index in [1.165, 1.54) is 0 Å². The molecule has 1 N–H and O–H groups in total. The highest BCUT2D eigenvalue weighted by molar-refractivity contribution is 6.09. The Morgan fingerprint density at radius 2 is 2.04 bits per heavy atom. The molecule has 0 spiro atoms. The predicted molar refractivity (Wildman–Crippen MR) is 95.9 cm³/mol. The van der Waals surface area contributed by atoms with Gasteiger partial charge in [-0.2, -0.15) is 0 Å². The number of Topliss-reactive ketones (excluding diaryl/α,β-unsaturated/α-hetero) is 1. The molecule has 2 aliphatic heterocycles. The Bertz CT molecular complexity index is 716. The van der Waals surface area contributed by atoms with Crippen LogP contribution in [0.5, 0.6) is 5.75 Å². The van der Waals surface area contributed by atoms with Crippen LogP contribution < -0.4 is 4.74 Å². The van der Waals surface area contributed by atoms with Gasteiger partial charge in [-0.05, 0) is 30.5 Å². The lowest BCUT2D eigenvalue weighted by molar-refractivity contribution is -0.131. The zero-order valence-corrected chi connectivity index (χ0v) is 15.4. The first-order valence-electron chi connectivity index (χ1n) is 8.98. The van der Waals surface area contributed by atoms with E-state index in [1.807, 2.05) is 12.1 Å². The number of benzene rings is 1. The Kier molecular flexibility index (Phi) is 5.32. The van der Waals surface area contributed by atoms with Crippen LogP contribution in [0.4, 0.5) is 0 Å². The third-order valence-corrected chi connectivity index (χ3v) is 4.95. The summed E-state index contributed by atoms with van der Waals surface area (Å²) in [5.74, 6) is -0.795. The SMILES string of the molecule is COc1ccc(C2C(C(=O)C(C)C)=C(O)C(=O)N2CC2CCCO2)cc1. The first-order chi connectivity index (χ1) is 12.4. The average Bonchev–Trinajstić information content (AvgIpc) is 3.23. The molecule has 26 heavy (non-hydrogen) atoms. The van der Waals surface area contributed by atoms with E-state index >= 15 is 0 Å². The number of carbonyl (C=O) groups excluding carboxylic acids is 2. The molecule has 1 saturated heterocycles. The molecular weight excluding hydrogens is 334 g/mol. The maximum atomic E-state index is 12.7. The highest BCUT2D eigenvalue weighted by Gasteiger charge is 2.44. The molecule has 0 bridgehead atoms. The molecule has 1 fully saturated rings. The van der Waals surface area contributed by atoms with Crippen molar-refractivity contribution in [3.63, 3.8) is 0 Å². The van der Waals surface area contributed by atoms with Crippen molar-refractivity contribution in [1.82, 2.24) is 4.90 Å². The van der Waals surface area contributed by atoms with Gasteiger partial charge in [-0.3, -0.25) is 9.59 Å². The second-order valence-electron chi connectivity index (χ2n) is 7.05. The Labute approximate surface area is 153 Å². The van der Waals surface area contributed by atoms with Crippen LogP contribution in [0.3, 0.4) is 0 Å². The van der Waals surface area contributed by atoms with Gasteiger partial charge in [-0.1, -0.05) is 26.0 Å². The predicted octanol–water partition coefficient (Wildman–Crippen LogP) is 2.79. The maximum Gasteiger partial charge on any atom is 0.290 e. The summed E-state index contributed by atoms with van der Waals surface area (Å²) in [5.41, 5.74) is 0.943. The highest BCUT2D eigenvalue weighted by atomic mass is 16.5. The van der Waals surface area contributed by atoms with Crippen molar-refractivity contribution in [3.8, 4) is 5.75 Å². The molecule has 6 nitrogen and oxygen atoms in total. The number of hydrogen-bond donors (Lipinski definition) is 1. The van der Waals surface area contributed by atoms with E-state index in [4.69, 9.17) is 9.47 Å². The number of carbonyl (C=O) groups is 2. The molecule has 0 radical (unpaired) electrons. The normalized spacial score (nSPS) is 23.2. The van der Waals surface area contributed by atoms with E-state index in [-0.39, 0.29) is 23.4 Å². The molecule has 0 aromatic heterocycles. The summed E-state index contributed by atoms with van der Waals surface area (Å²) >= 11 is 0. The molecule has 0 saturated carbocycles. The minimum absolute atomic E-state index is 0.0685. The fraction of sp³-hybridized carbons (Fsp3) is 0.500. The molecule has 6 heteroatoms. The van der Waals surface area contributed by atoms with E-state index < -0.39 is 17.7 Å². The molecule has 2 aliphatic rings. The lowest BCUT2D eigenvalue weighted by atomic mass is 9.91. The van der Waals surface area contributed by atoms with Gasteiger partial charge in [0.25, 0.3) is 5.91 Å². The second kappa shape index (κ2) is 7.50. The van der Waals surface area contributed by atoms with Gasteiger partial charge < -0.3 is 19.5 Å². The van der Waals surface area contributed by atoms with Gasteiger partial charge in [-0.25, -0.2) is 0 Å². The first-order valence-corrected chi connectivity index (χ1v) is 8.98. The number of methoxy groups -OCH3 is 1. The molecule has 2 unspecified atom stereocenters. The topological polar surface area (TPSA) is 76.1 Å². The lowest BCUT2D eigenvalue weighted by Crippen LogP contribution is -2.37. The number of rotatable bonds is 6. The Balaban J connectivity index is 2.00. The van der Waals surface area contributed by atoms with Crippen molar-refractivity contribution < 1.29 is 24.2 Å². The number of nitrogens with zero attached hydrogens (tertiary/aromatic N) is 1. The second-order valence-corrected chi connectivity index (χ2v) is 7.05. The Morgan fingerprint density at radius 3 is 2.58 bits per heavy atom. The fourth-order valence-electron chi connectivity index (χ4n) is 3.55. The van der Waals surface area contributed by atoms with Crippen molar-refractivity contribution in [1.29, 1.82) is 0 Å². The Hall–Kier alpha value is -2.34. The molecule has 1 aromatic carbocycles. The van der Waals surface area contributed by atoms with E-state index in [0.717, 1.165) is 18.4 Å². The smallest absolute Gasteiger partial charge is 0.290 e. The van der Waals surface area contributed by atoms with Crippen LogP contribution in [0, 0.1) is 5.92 Å². The van der Waals surface area contributed by atoms with E-state index in [2.05, 4.69) is 0 Å². The van der Waals surface area contributed by atoms with E-state index in [0.29, 0.717) is 18.9 Å². The summed E-state index contributed by atoms with van der Waals surface area (Å²) in [6.45, 7) is 4.56. The number of ketones is 1. The standard InChI is InChI=1S/C20H25NO5/c1-12(2)18(22)16-17(13-6-8-14(25-3)9-7-13)21(20(24)19(16)23)11-15-5-4-10-26-15/h6-9,12,15,17,23H,4-5,10-11H2,1-3H3. The minimum Gasteiger partial charge on any atom is -0.503 e. The zero-order chi connectivity index (χ0) is 18.8. The fourth-order valence-corrected chi connectivity index (χ4v) is 3.55. The summed E-state index contributed by atoms with van der Waals surface area (Å²) < 4.78 is 10.9. The molecule has 2 heterocycles. The summed E-state index contributed by atoms with van der Waals surface area (Å²) in [4.78, 5) is 27.0. The van der Waals surface area contributed by atoms with E-state index in [1.54, 1.807) is 38.0 Å². The molecule has 140 valence electrons. The lowest BCUT2D eigenvalue weighted by Gasteiger charge is -2.29. The maximum absolute atomic E-state index is 12.7. The minimum atomic E-state index is -0.604. The first kappa shape index (κ1) is 18.5. The van der Waals surface area contributed by atoms with Crippen LogP contribution in [-0.4, -0.2) is 48.1 Å². The third kappa shape index (κ3) is 3.33. The van der Waals surface area contributed by atoms with Crippen LogP contribution in [0.2, 0.25) is 0 Å². The summed E-state index contributed by atoms with van der Waals surface area (Å²) in [5, 5.41) is 10.5. The third-order valence-electron chi connectivity index (χ3n) is 4.95. The molecule has 3 rings (SSSR count). The van der Waals surface area contributed by atoms with Gasteiger partial charge in [0.1, 0.15) is 5.75 Å². The summed E-state index contributed by atoms with van der Waals surface area (Å²) in [6.07, 6.45) is 1.76. The van der Waals surface area contributed by atoms with Crippen LogP contribution in [-0.2, 0) is 14.3 Å². The van der Waals surface area contributed by atoms with Gasteiger partial charge in [0.05, 0.1) is 24.8 Å². The molecule has 2 atom stereocenters. The highest BCUT2D eigenvalue weighted by Crippen LogP contribution is 2.40. The van der Waals surface area contributed by atoms with Gasteiger partial charge in [-0.15, -0.1) is 0 Å².